The molecule has 0 bridgehead atoms. The molecule has 1 heterocycles. The van der Waals surface area contributed by atoms with Gasteiger partial charge in [-0.15, -0.1) is 11.8 Å². The summed E-state index contributed by atoms with van der Waals surface area (Å²) in [5.74, 6) is -0.150. The first-order chi connectivity index (χ1) is 16.0. The Kier molecular flexibility index (Phi) is 6.89. The van der Waals surface area contributed by atoms with Crippen LogP contribution in [-0.2, 0) is 14.3 Å². The van der Waals surface area contributed by atoms with Crippen LogP contribution < -0.4 is 19.5 Å². The number of nitrogens with zero attached hydrogens (tertiary/aromatic N) is 1. The molecule has 1 aliphatic rings. The SMILES string of the molecule is CC(SCCN1C(=O)COc2c(OCC(=O)[O-])cccc21)(c1ccccc1)c1ccccc1. The Morgan fingerprint density at radius 2 is 1.67 bits per heavy atom. The minimum absolute atomic E-state index is 0.127. The van der Waals surface area contributed by atoms with Gasteiger partial charge in [-0.2, -0.15) is 0 Å². The Labute approximate surface area is 197 Å². The number of carbonyl (C=O) groups excluding carboxylic acids is 2. The number of para-hydroxylation sites is 1. The summed E-state index contributed by atoms with van der Waals surface area (Å²) in [5.41, 5.74) is 2.95. The fourth-order valence-electron chi connectivity index (χ4n) is 3.89. The first-order valence-corrected chi connectivity index (χ1v) is 11.6. The number of benzene rings is 3. The van der Waals surface area contributed by atoms with Crippen LogP contribution in [-0.4, -0.2) is 37.4 Å². The van der Waals surface area contributed by atoms with Crippen LogP contribution in [0, 0.1) is 0 Å². The molecule has 3 aromatic carbocycles. The largest absolute Gasteiger partial charge is 0.546 e. The number of carbonyl (C=O) groups is 2. The summed E-state index contributed by atoms with van der Waals surface area (Å²) in [6.07, 6.45) is 0. The molecule has 0 aromatic heterocycles. The average Bonchev–Trinajstić information content (AvgIpc) is 2.85. The van der Waals surface area contributed by atoms with E-state index >= 15 is 0 Å². The van der Waals surface area contributed by atoms with Gasteiger partial charge in [0, 0.05) is 12.3 Å². The average molecular weight is 463 g/mol. The van der Waals surface area contributed by atoms with Crippen molar-refractivity contribution in [2.75, 3.05) is 30.4 Å². The second-order valence-corrected chi connectivity index (χ2v) is 9.23. The number of anilines is 1. The van der Waals surface area contributed by atoms with E-state index in [1.54, 1.807) is 34.9 Å². The molecule has 0 N–H and O–H groups in total. The Hall–Kier alpha value is -3.45. The van der Waals surface area contributed by atoms with Crippen LogP contribution in [0.5, 0.6) is 11.5 Å². The molecule has 7 heteroatoms. The molecule has 0 atom stereocenters. The minimum atomic E-state index is -1.33. The maximum Gasteiger partial charge on any atom is 0.265 e. The van der Waals surface area contributed by atoms with Crippen LogP contribution in [0.3, 0.4) is 0 Å². The lowest BCUT2D eigenvalue weighted by molar-refractivity contribution is -0.307. The summed E-state index contributed by atoms with van der Waals surface area (Å²) >= 11 is 1.77. The van der Waals surface area contributed by atoms with Gasteiger partial charge >= 0.3 is 0 Å². The smallest absolute Gasteiger partial charge is 0.265 e. The predicted octanol–water partition coefficient (Wildman–Crippen LogP) is 3.24. The molecule has 0 saturated carbocycles. The summed E-state index contributed by atoms with van der Waals surface area (Å²) in [5, 5.41) is 10.8. The van der Waals surface area contributed by atoms with Gasteiger partial charge in [0.15, 0.2) is 18.1 Å². The van der Waals surface area contributed by atoms with E-state index in [0.29, 0.717) is 23.7 Å². The molecule has 0 fully saturated rings. The molecule has 1 amide bonds. The molecule has 170 valence electrons. The molecular formula is C26H24NO5S-. The van der Waals surface area contributed by atoms with Crippen molar-refractivity contribution in [2.24, 2.45) is 0 Å². The number of rotatable bonds is 9. The van der Waals surface area contributed by atoms with Gasteiger partial charge in [-0.25, -0.2) is 0 Å². The number of hydrogen-bond acceptors (Lipinski definition) is 6. The number of thioether (sulfide) groups is 1. The van der Waals surface area contributed by atoms with Gasteiger partial charge < -0.3 is 24.3 Å². The van der Waals surface area contributed by atoms with Crippen LogP contribution in [0.15, 0.2) is 78.9 Å². The predicted molar refractivity (Wildman–Crippen MR) is 127 cm³/mol. The maximum atomic E-state index is 12.7. The molecular weight excluding hydrogens is 438 g/mol. The van der Waals surface area contributed by atoms with Crippen molar-refractivity contribution in [3.63, 3.8) is 0 Å². The van der Waals surface area contributed by atoms with Crippen LogP contribution in [0.1, 0.15) is 18.1 Å². The number of fused-ring (bicyclic) bond motifs is 1. The highest BCUT2D eigenvalue weighted by atomic mass is 32.2. The van der Waals surface area contributed by atoms with Crippen LogP contribution in [0.25, 0.3) is 0 Å². The summed E-state index contributed by atoms with van der Waals surface area (Å²) < 4.78 is 10.6. The van der Waals surface area contributed by atoms with Gasteiger partial charge in [-0.05, 0) is 30.2 Å². The van der Waals surface area contributed by atoms with Crippen molar-refractivity contribution in [1.82, 2.24) is 0 Å². The van der Waals surface area contributed by atoms with Gasteiger partial charge in [-0.3, -0.25) is 4.79 Å². The fourth-order valence-corrected chi connectivity index (χ4v) is 5.18. The van der Waals surface area contributed by atoms with Gasteiger partial charge in [-0.1, -0.05) is 66.7 Å². The third-order valence-electron chi connectivity index (χ3n) is 5.59. The van der Waals surface area contributed by atoms with Crippen molar-refractivity contribution in [3.05, 3.63) is 90.0 Å². The number of amides is 1. The van der Waals surface area contributed by atoms with E-state index in [0.717, 1.165) is 0 Å². The van der Waals surface area contributed by atoms with Crippen LogP contribution in [0.4, 0.5) is 5.69 Å². The summed E-state index contributed by atoms with van der Waals surface area (Å²) in [6.45, 7) is 1.95. The van der Waals surface area contributed by atoms with E-state index in [2.05, 4.69) is 31.2 Å². The van der Waals surface area contributed by atoms with E-state index in [1.165, 1.54) is 11.1 Å². The topological polar surface area (TPSA) is 78.9 Å². The van der Waals surface area contributed by atoms with E-state index in [-0.39, 0.29) is 23.0 Å². The van der Waals surface area contributed by atoms with Crippen molar-refractivity contribution >= 4 is 29.3 Å². The Balaban J connectivity index is 1.55. The summed E-state index contributed by atoms with van der Waals surface area (Å²) in [4.78, 5) is 25.1. The lowest BCUT2D eigenvalue weighted by Crippen LogP contribution is -2.40. The van der Waals surface area contributed by atoms with E-state index in [1.807, 2.05) is 36.4 Å². The molecule has 3 aromatic rings. The molecule has 33 heavy (non-hydrogen) atoms. The Bertz CT molecular complexity index is 1080. The summed E-state index contributed by atoms with van der Waals surface area (Å²) in [6, 6.07) is 25.7. The molecule has 0 spiro atoms. The lowest BCUT2D eigenvalue weighted by atomic mass is 9.92. The zero-order chi connectivity index (χ0) is 23.3. The first kappa shape index (κ1) is 22.7. The highest BCUT2D eigenvalue weighted by Gasteiger charge is 2.32. The number of carboxylic acids is 1. The highest BCUT2D eigenvalue weighted by molar-refractivity contribution is 8.00. The normalized spacial score (nSPS) is 13.2. The van der Waals surface area contributed by atoms with Crippen molar-refractivity contribution < 1.29 is 24.2 Å². The summed E-state index contributed by atoms with van der Waals surface area (Å²) in [7, 11) is 0. The maximum absolute atomic E-state index is 12.7. The Morgan fingerprint density at radius 3 is 2.27 bits per heavy atom. The number of ether oxygens (including phenoxy) is 2. The van der Waals surface area contributed by atoms with Crippen molar-refractivity contribution in [2.45, 2.75) is 11.7 Å². The van der Waals surface area contributed by atoms with Crippen LogP contribution >= 0.6 is 11.8 Å². The molecule has 0 saturated heterocycles. The molecule has 4 rings (SSSR count). The fraction of sp³-hybridized carbons (Fsp3) is 0.231. The third-order valence-corrected chi connectivity index (χ3v) is 7.03. The van der Waals surface area contributed by atoms with Crippen molar-refractivity contribution in [1.29, 1.82) is 0 Å². The monoisotopic (exact) mass is 462 g/mol. The van der Waals surface area contributed by atoms with Crippen molar-refractivity contribution in [3.8, 4) is 11.5 Å². The second-order valence-electron chi connectivity index (χ2n) is 7.71. The van der Waals surface area contributed by atoms with Crippen LogP contribution in [0.2, 0.25) is 0 Å². The molecule has 0 aliphatic carbocycles. The van der Waals surface area contributed by atoms with E-state index < -0.39 is 12.6 Å². The van der Waals surface area contributed by atoms with Gasteiger partial charge in [0.1, 0.15) is 6.61 Å². The number of carboxylic acid groups (broad SMARTS) is 1. The zero-order valence-electron chi connectivity index (χ0n) is 18.2. The van der Waals surface area contributed by atoms with Gasteiger partial charge in [0.2, 0.25) is 0 Å². The minimum Gasteiger partial charge on any atom is -0.546 e. The second kappa shape index (κ2) is 10.0. The number of hydrogen-bond donors (Lipinski definition) is 0. The molecule has 0 unspecified atom stereocenters. The zero-order valence-corrected chi connectivity index (χ0v) is 19.0. The third kappa shape index (κ3) is 4.98. The van der Waals surface area contributed by atoms with E-state index in [4.69, 9.17) is 9.47 Å². The lowest BCUT2D eigenvalue weighted by Gasteiger charge is -2.33. The first-order valence-electron chi connectivity index (χ1n) is 10.6. The van der Waals surface area contributed by atoms with Gasteiger partial charge in [0.25, 0.3) is 5.91 Å². The standard InChI is InChI=1S/C26H25NO5S/c1-26(19-9-4-2-5-10-19,20-11-6-3-7-12-20)33-16-15-27-21-13-8-14-22(31-18-24(29)30)25(21)32-17-23(27)28/h2-14H,15-18H2,1H3,(H,29,30)/p-1. The quantitative estimate of drug-likeness (QED) is 0.486. The van der Waals surface area contributed by atoms with E-state index in [9.17, 15) is 14.7 Å². The number of aliphatic carboxylic acids is 1. The molecule has 6 nitrogen and oxygen atoms in total. The Morgan fingerprint density at radius 1 is 1.03 bits per heavy atom. The highest BCUT2D eigenvalue weighted by Crippen LogP contribution is 2.44. The molecule has 0 radical (unpaired) electrons. The van der Waals surface area contributed by atoms with Gasteiger partial charge in [0.05, 0.1) is 16.4 Å². The molecule has 1 aliphatic heterocycles.